The molecule has 43 heavy (non-hydrogen) atoms. The number of carbonyl (C=O) groups is 2. The molecule has 0 saturated heterocycles. The molecule has 9 heteroatoms. The Morgan fingerprint density at radius 3 is 2.02 bits per heavy atom. The molecule has 0 spiro atoms. The van der Waals surface area contributed by atoms with Gasteiger partial charge in [-0.2, -0.15) is 0 Å². The van der Waals surface area contributed by atoms with E-state index in [0.29, 0.717) is 24.2 Å². The van der Waals surface area contributed by atoms with Gasteiger partial charge in [-0.1, -0.05) is 85.3 Å². The lowest BCUT2D eigenvalue weighted by atomic mass is 10.0. The Bertz CT molecular complexity index is 1600. The van der Waals surface area contributed by atoms with Crippen molar-refractivity contribution in [2.75, 3.05) is 17.4 Å². The molecule has 4 aromatic rings. The molecule has 0 aliphatic carbocycles. The van der Waals surface area contributed by atoms with Gasteiger partial charge in [-0.3, -0.25) is 13.9 Å². The number of nitrogens with one attached hydrogen (secondary N) is 1. The van der Waals surface area contributed by atoms with Crippen LogP contribution in [0.15, 0.2) is 114 Å². The first-order valence-electron chi connectivity index (χ1n) is 14.2. The van der Waals surface area contributed by atoms with Gasteiger partial charge in [-0.25, -0.2) is 12.8 Å². The molecule has 224 valence electrons. The first-order valence-corrected chi connectivity index (χ1v) is 15.6. The van der Waals surface area contributed by atoms with Crippen LogP contribution in [0.4, 0.5) is 10.1 Å². The van der Waals surface area contributed by atoms with Gasteiger partial charge in [0.2, 0.25) is 11.8 Å². The van der Waals surface area contributed by atoms with Crippen LogP contribution in [0.5, 0.6) is 0 Å². The van der Waals surface area contributed by atoms with Gasteiger partial charge in [0, 0.05) is 19.5 Å². The van der Waals surface area contributed by atoms with Crippen molar-refractivity contribution in [1.29, 1.82) is 0 Å². The summed E-state index contributed by atoms with van der Waals surface area (Å²) in [7, 11) is -4.16. The summed E-state index contributed by atoms with van der Waals surface area (Å²) in [4.78, 5) is 29.3. The van der Waals surface area contributed by atoms with Crippen LogP contribution < -0.4 is 9.62 Å². The molecule has 0 aliphatic heterocycles. The van der Waals surface area contributed by atoms with Crippen molar-refractivity contribution in [3.8, 4) is 0 Å². The zero-order valence-electron chi connectivity index (χ0n) is 24.3. The molecule has 4 rings (SSSR count). The minimum atomic E-state index is -4.16. The Kier molecular flexibility index (Phi) is 10.7. The topological polar surface area (TPSA) is 86.8 Å². The quantitative estimate of drug-likeness (QED) is 0.219. The second-order valence-corrected chi connectivity index (χ2v) is 12.2. The maximum Gasteiger partial charge on any atom is 0.264 e. The standard InChI is InChI=1S/C34H36FN3O4S/c1-3-22-36-34(40)32(23-27-10-6-4-7-11-27)37(24-28-16-18-29(35)19-17-28)33(39)25-38(30-12-8-5-9-13-30)43(41,42)31-20-14-26(2)15-21-31/h4-21,32H,3,22-25H2,1-2H3,(H,36,40)/t32-/m1/s1. The molecular weight excluding hydrogens is 565 g/mol. The highest BCUT2D eigenvalue weighted by molar-refractivity contribution is 7.92. The van der Waals surface area contributed by atoms with Crippen molar-refractivity contribution in [3.05, 3.63) is 132 Å². The monoisotopic (exact) mass is 601 g/mol. The van der Waals surface area contributed by atoms with Crippen molar-refractivity contribution >= 4 is 27.5 Å². The summed E-state index contributed by atoms with van der Waals surface area (Å²) in [6, 6.07) is 28.9. The van der Waals surface area contributed by atoms with Crippen molar-refractivity contribution in [1.82, 2.24) is 10.2 Å². The maximum absolute atomic E-state index is 14.3. The van der Waals surface area contributed by atoms with Crippen LogP contribution in [0.2, 0.25) is 0 Å². The van der Waals surface area contributed by atoms with Crippen LogP contribution in [0, 0.1) is 12.7 Å². The predicted molar refractivity (Wildman–Crippen MR) is 166 cm³/mol. The molecule has 0 fully saturated rings. The molecule has 0 bridgehead atoms. The van der Waals surface area contributed by atoms with Crippen molar-refractivity contribution < 1.29 is 22.4 Å². The molecule has 0 aromatic heterocycles. The lowest BCUT2D eigenvalue weighted by Gasteiger charge is -2.34. The average Bonchev–Trinajstić information content (AvgIpc) is 3.02. The third kappa shape index (κ3) is 8.29. The van der Waals surface area contributed by atoms with Gasteiger partial charge in [0.05, 0.1) is 10.6 Å². The SMILES string of the molecule is CCCNC(=O)[C@@H](Cc1ccccc1)N(Cc1ccc(F)cc1)C(=O)CN(c1ccccc1)S(=O)(=O)c1ccc(C)cc1. The minimum Gasteiger partial charge on any atom is -0.354 e. The van der Waals surface area contributed by atoms with E-state index in [1.54, 1.807) is 54.6 Å². The number of amides is 2. The van der Waals surface area contributed by atoms with E-state index >= 15 is 0 Å². The number of anilines is 1. The van der Waals surface area contributed by atoms with Gasteiger partial charge < -0.3 is 10.2 Å². The number of rotatable bonds is 13. The molecule has 0 unspecified atom stereocenters. The average molecular weight is 602 g/mol. The molecule has 0 radical (unpaired) electrons. The van der Waals surface area contributed by atoms with Gasteiger partial charge in [0.15, 0.2) is 0 Å². The van der Waals surface area contributed by atoms with E-state index in [2.05, 4.69) is 5.32 Å². The summed E-state index contributed by atoms with van der Waals surface area (Å²) in [5.74, 6) is -1.35. The van der Waals surface area contributed by atoms with Crippen LogP contribution in [0.3, 0.4) is 0 Å². The molecule has 1 N–H and O–H groups in total. The van der Waals surface area contributed by atoms with Crippen LogP contribution in [-0.2, 0) is 32.6 Å². The first kappa shape index (κ1) is 31.4. The molecule has 2 amide bonds. The zero-order valence-corrected chi connectivity index (χ0v) is 25.1. The molecule has 4 aromatic carbocycles. The summed E-state index contributed by atoms with van der Waals surface area (Å²) < 4.78 is 42.8. The van der Waals surface area contributed by atoms with E-state index in [1.807, 2.05) is 44.2 Å². The number of aryl methyl sites for hydroxylation is 1. The van der Waals surface area contributed by atoms with Gasteiger partial charge >= 0.3 is 0 Å². The molecule has 1 atom stereocenters. The fourth-order valence-corrected chi connectivity index (χ4v) is 6.08. The van der Waals surface area contributed by atoms with Crippen LogP contribution in [0.1, 0.15) is 30.0 Å². The number of hydrogen-bond acceptors (Lipinski definition) is 4. The number of hydrogen-bond donors (Lipinski definition) is 1. The van der Waals surface area contributed by atoms with E-state index < -0.39 is 34.3 Å². The molecule has 0 aliphatic rings. The molecule has 0 saturated carbocycles. The maximum atomic E-state index is 14.3. The summed E-state index contributed by atoms with van der Waals surface area (Å²) in [5.41, 5.74) is 2.65. The highest BCUT2D eigenvalue weighted by atomic mass is 32.2. The molecule has 7 nitrogen and oxygen atoms in total. The lowest BCUT2D eigenvalue weighted by Crippen LogP contribution is -2.53. The summed E-state index contributed by atoms with van der Waals surface area (Å²) in [6.07, 6.45) is 0.908. The fraction of sp³-hybridized carbons (Fsp3) is 0.235. The van der Waals surface area contributed by atoms with Gasteiger partial charge in [0.1, 0.15) is 18.4 Å². The van der Waals surface area contributed by atoms with E-state index in [-0.39, 0.29) is 23.8 Å². The predicted octanol–water partition coefficient (Wildman–Crippen LogP) is 5.50. The lowest BCUT2D eigenvalue weighted by molar-refractivity contribution is -0.140. The Balaban J connectivity index is 1.77. The van der Waals surface area contributed by atoms with Crippen molar-refractivity contribution in [2.24, 2.45) is 0 Å². The smallest absolute Gasteiger partial charge is 0.264 e. The number of carbonyl (C=O) groups excluding carboxylic acids is 2. The highest BCUT2D eigenvalue weighted by Gasteiger charge is 2.34. The largest absolute Gasteiger partial charge is 0.354 e. The Labute approximate surface area is 253 Å². The molecular formula is C34H36FN3O4S. The van der Waals surface area contributed by atoms with E-state index in [1.165, 1.54) is 29.2 Å². The number of benzene rings is 4. The van der Waals surface area contributed by atoms with E-state index in [9.17, 15) is 22.4 Å². The second kappa shape index (κ2) is 14.6. The number of nitrogens with zero attached hydrogens (tertiary/aromatic N) is 2. The normalized spacial score (nSPS) is 11.9. The highest BCUT2D eigenvalue weighted by Crippen LogP contribution is 2.25. The second-order valence-electron chi connectivity index (χ2n) is 10.3. The van der Waals surface area contributed by atoms with Crippen LogP contribution >= 0.6 is 0 Å². The Morgan fingerprint density at radius 1 is 0.814 bits per heavy atom. The minimum absolute atomic E-state index is 0.0244. The third-order valence-electron chi connectivity index (χ3n) is 7.02. The number of para-hydroxylation sites is 1. The summed E-state index contributed by atoms with van der Waals surface area (Å²) in [5, 5.41) is 2.90. The van der Waals surface area contributed by atoms with E-state index in [0.717, 1.165) is 15.4 Å². The Morgan fingerprint density at radius 2 is 1.42 bits per heavy atom. The van der Waals surface area contributed by atoms with Crippen molar-refractivity contribution in [3.63, 3.8) is 0 Å². The Hall–Kier alpha value is -4.50. The van der Waals surface area contributed by atoms with Crippen molar-refractivity contribution in [2.45, 2.75) is 44.2 Å². The summed E-state index contributed by atoms with van der Waals surface area (Å²) in [6.45, 7) is 3.64. The van der Waals surface area contributed by atoms with Gasteiger partial charge in [0.25, 0.3) is 10.0 Å². The van der Waals surface area contributed by atoms with E-state index in [4.69, 9.17) is 0 Å². The number of sulfonamides is 1. The van der Waals surface area contributed by atoms with Crippen LogP contribution in [-0.4, -0.2) is 44.3 Å². The zero-order chi connectivity index (χ0) is 30.8. The molecule has 0 heterocycles. The first-order chi connectivity index (χ1) is 20.7. The fourth-order valence-electron chi connectivity index (χ4n) is 4.67. The number of halogens is 1. The van der Waals surface area contributed by atoms with Gasteiger partial charge in [-0.15, -0.1) is 0 Å². The summed E-state index contributed by atoms with van der Waals surface area (Å²) >= 11 is 0. The third-order valence-corrected chi connectivity index (χ3v) is 8.81. The van der Waals surface area contributed by atoms with Gasteiger partial charge in [-0.05, 0) is 60.9 Å². The van der Waals surface area contributed by atoms with Crippen LogP contribution in [0.25, 0.3) is 0 Å².